The van der Waals surface area contributed by atoms with Gasteiger partial charge in [-0.15, -0.1) is 0 Å². The molecule has 0 fully saturated rings. The number of phenolic OH excluding ortho intramolecular Hbond substituents is 1. The summed E-state index contributed by atoms with van der Waals surface area (Å²) in [6.45, 7) is 4.38. The van der Waals surface area contributed by atoms with Gasteiger partial charge in [-0.25, -0.2) is 0 Å². The lowest BCUT2D eigenvalue weighted by Gasteiger charge is -2.47. The number of Topliss-reactive ketones (excluding diaryl/α,β-unsaturated/α-hetero) is 1. The molecule has 0 heterocycles. The van der Waals surface area contributed by atoms with E-state index in [1.54, 1.807) is 38.9 Å². The Morgan fingerprint density at radius 3 is 2.32 bits per heavy atom. The van der Waals surface area contributed by atoms with Crippen molar-refractivity contribution < 1.29 is 34.8 Å². The Kier molecular flexibility index (Phi) is 6.31. The van der Waals surface area contributed by atoms with Crippen molar-refractivity contribution in [2.24, 2.45) is 17.6 Å². The van der Waals surface area contributed by atoms with Crippen molar-refractivity contribution in [3.05, 3.63) is 45.4 Å². The van der Waals surface area contributed by atoms with Crippen LogP contribution in [0.5, 0.6) is 5.75 Å². The number of ketones is 1. The van der Waals surface area contributed by atoms with Gasteiger partial charge in [0.2, 0.25) is 0 Å². The molecule has 198 valence electrons. The maximum absolute atomic E-state index is 13.9. The van der Waals surface area contributed by atoms with Gasteiger partial charge in [0.25, 0.3) is 11.8 Å². The highest BCUT2D eigenvalue weighted by Gasteiger charge is 2.58. The van der Waals surface area contributed by atoms with E-state index in [1.165, 1.54) is 4.90 Å². The molecule has 4 rings (SSSR count). The molecule has 3 atom stereocenters. The summed E-state index contributed by atoms with van der Waals surface area (Å²) < 4.78 is 0. The van der Waals surface area contributed by atoms with Crippen LogP contribution in [0.25, 0.3) is 0 Å². The van der Waals surface area contributed by atoms with Gasteiger partial charge in [-0.3, -0.25) is 14.4 Å². The number of nitrogens with one attached hydrogen (secondary N) is 1. The molecule has 7 N–H and O–H groups in total. The van der Waals surface area contributed by atoms with Crippen molar-refractivity contribution >= 4 is 29.0 Å². The Labute approximate surface area is 214 Å². The standard InChI is InChI=1S/C26H32N4O7/c1-5-30(6-2)25(36)14-10-15(29(3)4)13-8-11-7-12-9-16(31)19(24(28)35)22(27)26(12,37)23(34)17(11)21(33)18(13)20(14)32/h10-12,27,31-32,34,37H,5-9H2,1-4H3,(H2,28,35)/t11-,12+,26-/m1/s1. The summed E-state index contributed by atoms with van der Waals surface area (Å²) in [5, 5.41) is 52.7. The van der Waals surface area contributed by atoms with E-state index < -0.39 is 63.6 Å². The minimum Gasteiger partial charge on any atom is -0.511 e. The number of aliphatic hydroxyl groups excluding tert-OH is 2. The second-order valence-corrected chi connectivity index (χ2v) is 9.97. The number of carbonyl (C=O) groups excluding carboxylic acids is 3. The van der Waals surface area contributed by atoms with Crippen LogP contribution >= 0.6 is 0 Å². The molecular formula is C26H32N4O7. The lowest BCUT2D eigenvalue weighted by atomic mass is 9.60. The highest BCUT2D eigenvalue weighted by Crippen LogP contribution is 2.52. The first kappa shape index (κ1) is 26.2. The number of hydrogen-bond donors (Lipinski definition) is 6. The zero-order valence-corrected chi connectivity index (χ0v) is 21.3. The first-order chi connectivity index (χ1) is 17.3. The van der Waals surface area contributed by atoms with Gasteiger partial charge in [0.15, 0.2) is 11.4 Å². The Morgan fingerprint density at radius 2 is 1.78 bits per heavy atom. The number of carbonyl (C=O) groups is 3. The molecular weight excluding hydrogens is 480 g/mol. The van der Waals surface area contributed by atoms with Crippen LogP contribution in [0.15, 0.2) is 28.7 Å². The SMILES string of the molecule is CCN(CC)C(=O)c1cc(N(C)C)c2c(c1O)C(=O)C1=C(O)[C@]3(O)C(=N)C(C(N)=O)=C(O)C[C@@H]3C[C@@H]1C2. The molecule has 0 saturated carbocycles. The Balaban J connectivity index is 1.94. The van der Waals surface area contributed by atoms with Gasteiger partial charge >= 0.3 is 0 Å². The zero-order valence-electron chi connectivity index (χ0n) is 21.3. The van der Waals surface area contributed by atoms with Gasteiger partial charge in [-0.05, 0) is 44.2 Å². The van der Waals surface area contributed by atoms with E-state index in [0.29, 0.717) is 24.3 Å². The minimum absolute atomic E-state index is 0.0558. The topological polar surface area (TPSA) is 188 Å². The molecule has 0 bridgehead atoms. The predicted molar refractivity (Wildman–Crippen MR) is 135 cm³/mol. The molecule has 2 amide bonds. The third kappa shape index (κ3) is 3.59. The maximum atomic E-state index is 13.9. The number of fused-ring (bicyclic) bond motifs is 3. The molecule has 0 radical (unpaired) electrons. The molecule has 3 aliphatic carbocycles. The van der Waals surface area contributed by atoms with Crippen LogP contribution in [0.1, 0.15) is 53.0 Å². The Hall–Kier alpha value is -3.86. The van der Waals surface area contributed by atoms with Crippen LogP contribution in [-0.2, 0) is 11.2 Å². The van der Waals surface area contributed by atoms with Crippen LogP contribution in [0.4, 0.5) is 5.69 Å². The third-order valence-electron chi connectivity index (χ3n) is 7.86. The number of rotatable bonds is 5. The van der Waals surface area contributed by atoms with Crippen LogP contribution in [0, 0.1) is 17.2 Å². The van der Waals surface area contributed by atoms with Gasteiger partial charge < -0.3 is 41.4 Å². The summed E-state index contributed by atoms with van der Waals surface area (Å²) in [7, 11) is 3.50. The second-order valence-electron chi connectivity index (χ2n) is 9.97. The summed E-state index contributed by atoms with van der Waals surface area (Å²) in [6.07, 6.45) is 0.108. The van der Waals surface area contributed by atoms with E-state index in [-0.39, 0.29) is 36.0 Å². The van der Waals surface area contributed by atoms with Crippen LogP contribution in [0.3, 0.4) is 0 Å². The van der Waals surface area contributed by atoms with Crippen LogP contribution in [0.2, 0.25) is 0 Å². The van der Waals surface area contributed by atoms with Crippen molar-refractivity contribution in [3.63, 3.8) is 0 Å². The number of nitrogens with zero attached hydrogens (tertiary/aromatic N) is 2. The van der Waals surface area contributed by atoms with E-state index >= 15 is 0 Å². The lowest BCUT2D eigenvalue weighted by molar-refractivity contribution is -0.114. The van der Waals surface area contributed by atoms with Crippen LogP contribution < -0.4 is 10.6 Å². The number of nitrogens with two attached hydrogens (primary N) is 1. The van der Waals surface area contributed by atoms with E-state index in [2.05, 4.69) is 0 Å². The highest BCUT2D eigenvalue weighted by molar-refractivity contribution is 6.25. The average molecular weight is 513 g/mol. The quantitative estimate of drug-likeness (QED) is 0.343. The number of aliphatic hydroxyl groups is 3. The normalized spacial score (nSPS) is 24.9. The maximum Gasteiger partial charge on any atom is 0.257 e. The number of amides is 2. The first-order valence-corrected chi connectivity index (χ1v) is 12.2. The molecule has 0 aliphatic heterocycles. The number of phenols is 1. The zero-order chi connectivity index (χ0) is 27.6. The molecule has 3 aliphatic rings. The van der Waals surface area contributed by atoms with Crippen molar-refractivity contribution in [2.75, 3.05) is 32.1 Å². The van der Waals surface area contributed by atoms with Crippen molar-refractivity contribution in [1.29, 1.82) is 5.41 Å². The molecule has 0 unspecified atom stereocenters. The largest absolute Gasteiger partial charge is 0.511 e. The Morgan fingerprint density at radius 1 is 1.16 bits per heavy atom. The molecule has 0 aromatic heterocycles. The van der Waals surface area contributed by atoms with Crippen LogP contribution in [-0.4, -0.2) is 81.4 Å². The Bertz CT molecular complexity index is 1310. The fourth-order valence-electron chi connectivity index (χ4n) is 5.96. The number of primary amides is 1. The van der Waals surface area contributed by atoms with Crippen molar-refractivity contribution in [1.82, 2.24) is 4.90 Å². The highest BCUT2D eigenvalue weighted by atomic mass is 16.3. The third-order valence-corrected chi connectivity index (χ3v) is 7.86. The molecule has 11 heteroatoms. The fraction of sp³-hybridized carbons (Fsp3) is 0.462. The van der Waals surface area contributed by atoms with Gasteiger partial charge in [0.1, 0.15) is 22.8 Å². The molecule has 0 spiro atoms. The number of allylic oxidation sites excluding steroid dienone is 2. The van der Waals surface area contributed by atoms with Gasteiger partial charge in [-0.2, -0.15) is 0 Å². The van der Waals surface area contributed by atoms with Crippen molar-refractivity contribution in [2.45, 2.75) is 38.7 Å². The second kappa shape index (κ2) is 8.91. The summed E-state index contributed by atoms with van der Waals surface area (Å²) >= 11 is 0. The number of aromatic hydroxyl groups is 1. The van der Waals surface area contributed by atoms with Gasteiger partial charge in [0, 0.05) is 50.8 Å². The monoisotopic (exact) mass is 512 g/mol. The minimum atomic E-state index is -2.41. The molecule has 1 aromatic carbocycles. The summed E-state index contributed by atoms with van der Waals surface area (Å²) in [5.41, 5.74) is 2.19. The summed E-state index contributed by atoms with van der Waals surface area (Å²) in [4.78, 5) is 42.2. The van der Waals surface area contributed by atoms with Gasteiger partial charge in [-0.1, -0.05) is 0 Å². The predicted octanol–water partition coefficient (Wildman–Crippen LogP) is 1.58. The molecule has 1 aromatic rings. The smallest absolute Gasteiger partial charge is 0.257 e. The number of benzene rings is 1. The number of hydrogen-bond acceptors (Lipinski definition) is 9. The van der Waals surface area contributed by atoms with E-state index in [1.807, 2.05) is 0 Å². The molecule has 0 saturated heterocycles. The number of anilines is 1. The van der Waals surface area contributed by atoms with E-state index in [9.17, 15) is 34.8 Å². The van der Waals surface area contributed by atoms with E-state index in [0.717, 1.165) is 0 Å². The summed E-state index contributed by atoms with van der Waals surface area (Å²) in [6, 6.07) is 1.56. The first-order valence-electron chi connectivity index (χ1n) is 12.2. The lowest BCUT2D eigenvalue weighted by Crippen LogP contribution is -2.57. The van der Waals surface area contributed by atoms with E-state index in [4.69, 9.17) is 11.1 Å². The molecule has 11 nitrogen and oxygen atoms in total. The molecule has 37 heavy (non-hydrogen) atoms. The van der Waals surface area contributed by atoms with Gasteiger partial charge in [0.05, 0.1) is 16.8 Å². The average Bonchev–Trinajstić information content (AvgIpc) is 2.81. The van der Waals surface area contributed by atoms with Crippen molar-refractivity contribution in [3.8, 4) is 5.75 Å². The summed E-state index contributed by atoms with van der Waals surface area (Å²) in [5.74, 6) is -5.59. The fourth-order valence-corrected chi connectivity index (χ4v) is 5.96.